The van der Waals surface area contributed by atoms with Crippen LogP contribution in [-0.4, -0.2) is 68.7 Å². The highest BCUT2D eigenvalue weighted by molar-refractivity contribution is 5.42. The van der Waals surface area contributed by atoms with Crippen molar-refractivity contribution >= 4 is 0 Å². The molecule has 0 fully saturated rings. The molecule has 0 saturated carbocycles. The SMILES string of the molecule is COc1cc(OCC(F)(F)C(F)(F)C(F)(F)C(F)F)cc(OCC(F)(F)C(F)(F)C(F)(F)C(F)F)c1. The van der Waals surface area contributed by atoms with Crippen LogP contribution < -0.4 is 14.2 Å². The maximum atomic E-state index is 13.6. The van der Waals surface area contributed by atoms with E-state index in [1.54, 1.807) is 0 Å². The molecule has 0 unspecified atom stereocenters. The maximum Gasteiger partial charge on any atom is 0.381 e. The fraction of sp³-hybridized carbons (Fsp3) is 0.647. The first-order valence-corrected chi connectivity index (χ1v) is 8.76. The molecule has 0 aliphatic carbocycles. The van der Waals surface area contributed by atoms with Crippen molar-refractivity contribution in [2.45, 2.75) is 48.4 Å². The van der Waals surface area contributed by atoms with Crippen molar-refractivity contribution in [1.29, 1.82) is 0 Å². The van der Waals surface area contributed by atoms with E-state index in [9.17, 15) is 70.2 Å². The second-order valence-corrected chi connectivity index (χ2v) is 6.83. The lowest BCUT2D eigenvalue weighted by Gasteiger charge is -2.32. The van der Waals surface area contributed by atoms with Crippen molar-refractivity contribution < 1.29 is 84.5 Å². The quantitative estimate of drug-likeness (QED) is 0.245. The van der Waals surface area contributed by atoms with E-state index < -0.39 is 78.8 Å². The zero-order valence-electron chi connectivity index (χ0n) is 17.1. The van der Waals surface area contributed by atoms with E-state index in [0.717, 1.165) is 7.11 Å². The Labute approximate surface area is 189 Å². The Bertz CT molecular complexity index is 820. The fourth-order valence-corrected chi connectivity index (χ4v) is 2.12. The molecular weight excluding hydrogens is 556 g/mol. The summed E-state index contributed by atoms with van der Waals surface area (Å²) in [6.07, 6.45) is -10.5. The van der Waals surface area contributed by atoms with Gasteiger partial charge in [0.15, 0.2) is 13.2 Å². The molecule has 1 rings (SSSR count). The van der Waals surface area contributed by atoms with Gasteiger partial charge in [0.2, 0.25) is 0 Å². The van der Waals surface area contributed by atoms with Gasteiger partial charge in [-0.1, -0.05) is 0 Å². The van der Waals surface area contributed by atoms with E-state index in [1.807, 2.05) is 0 Å². The van der Waals surface area contributed by atoms with Crippen LogP contribution in [0, 0.1) is 0 Å². The summed E-state index contributed by atoms with van der Waals surface area (Å²) in [5.41, 5.74) is 0. The zero-order chi connectivity index (χ0) is 28.5. The molecule has 0 radical (unpaired) electrons. The maximum absolute atomic E-state index is 13.6. The molecule has 0 spiro atoms. The first kappa shape index (κ1) is 31.5. The van der Waals surface area contributed by atoms with Crippen molar-refractivity contribution in [2.75, 3.05) is 20.3 Å². The third-order valence-electron chi connectivity index (χ3n) is 4.23. The number of benzene rings is 1. The molecule has 0 atom stereocenters. The van der Waals surface area contributed by atoms with Gasteiger partial charge in [-0.05, 0) is 0 Å². The Morgan fingerprint density at radius 3 is 1.08 bits per heavy atom. The minimum atomic E-state index is -6.67. The van der Waals surface area contributed by atoms with Gasteiger partial charge in [0.05, 0.1) is 7.11 Å². The highest BCUT2D eigenvalue weighted by atomic mass is 19.4. The second kappa shape index (κ2) is 10.1. The molecule has 1 aromatic carbocycles. The summed E-state index contributed by atoms with van der Waals surface area (Å²) in [6, 6.07) is 1.16. The van der Waals surface area contributed by atoms with Gasteiger partial charge in [-0.15, -0.1) is 0 Å². The molecule has 0 N–H and O–H groups in total. The molecule has 210 valence electrons. The predicted octanol–water partition coefficient (Wildman–Crippen LogP) is 6.79. The third-order valence-corrected chi connectivity index (χ3v) is 4.23. The highest BCUT2D eigenvalue weighted by Crippen LogP contribution is 2.50. The largest absolute Gasteiger partial charge is 0.496 e. The Morgan fingerprint density at radius 1 is 0.556 bits per heavy atom. The Kier molecular flexibility index (Phi) is 8.85. The van der Waals surface area contributed by atoms with Gasteiger partial charge in [-0.3, -0.25) is 0 Å². The number of halogens is 16. The fourth-order valence-electron chi connectivity index (χ4n) is 2.12. The summed E-state index contributed by atoms with van der Waals surface area (Å²) in [4.78, 5) is 0. The molecule has 0 saturated heterocycles. The number of hydrogen-bond acceptors (Lipinski definition) is 3. The standard InChI is InChI=1S/C17H12F16O3/c1-34-7-2-8(35-5-12(22,23)16(30,31)14(26,27)10(18)19)4-9(3-7)36-6-13(24,25)17(32,33)15(28,29)11(20)21/h2-4,10-11H,5-6H2,1H3. The smallest absolute Gasteiger partial charge is 0.381 e. The summed E-state index contributed by atoms with van der Waals surface area (Å²) >= 11 is 0. The highest BCUT2D eigenvalue weighted by Gasteiger charge is 2.76. The van der Waals surface area contributed by atoms with Crippen molar-refractivity contribution in [3.05, 3.63) is 18.2 Å². The number of hydrogen-bond donors (Lipinski definition) is 0. The van der Waals surface area contributed by atoms with Crippen LogP contribution in [0.25, 0.3) is 0 Å². The van der Waals surface area contributed by atoms with Crippen molar-refractivity contribution in [3.8, 4) is 17.2 Å². The topological polar surface area (TPSA) is 27.7 Å². The lowest BCUT2D eigenvalue weighted by Crippen LogP contribution is -2.59. The van der Waals surface area contributed by atoms with E-state index >= 15 is 0 Å². The molecule has 3 nitrogen and oxygen atoms in total. The van der Waals surface area contributed by atoms with E-state index in [4.69, 9.17) is 0 Å². The van der Waals surface area contributed by atoms with Crippen LogP contribution in [0.4, 0.5) is 70.2 Å². The summed E-state index contributed by atoms with van der Waals surface area (Å²) < 4.78 is 220. The van der Waals surface area contributed by atoms with Crippen LogP contribution in [0.3, 0.4) is 0 Å². The average Bonchev–Trinajstić information content (AvgIpc) is 2.75. The van der Waals surface area contributed by atoms with Crippen LogP contribution in [0.5, 0.6) is 17.2 Å². The zero-order valence-corrected chi connectivity index (χ0v) is 17.1. The lowest BCUT2D eigenvalue weighted by atomic mass is 10.1. The molecule has 36 heavy (non-hydrogen) atoms. The number of ether oxygens (including phenoxy) is 3. The Balaban J connectivity index is 3.14. The minimum absolute atomic E-state index is 0.182. The van der Waals surface area contributed by atoms with E-state index in [0.29, 0.717) is 12.1 Å². The van der Waals surface area contributed by atoms with Gasteiger partial charge in [-0.25, -0.2) is 17.6 Å². The van der Waals surface area contributed by atoms with Gasteiger partial charge >= 0.3 is 48.4 Å². The molecule has 0 aliphatic heterocycles. The number of rotatable bonds is 13. The first-order valence-electron chi connectivity index (χ1n) is 8.76. The van der Waals surface area contributed by atoms with E-state index in [1.165, 1.54) is 0 Å². The van der Waals surface area contributed by atoms with Gasteiger partial charge in [0, 0.05) is 18.2 Å². The van der Waals surface area contributed by atoms with Crippen molar-refractivity contribution in [1.82, 2.24) is 0 Å². The van der Waals surface area contributed by atoms with E-state index in [2.05, 4.69) is 14.2 Å². The average molecular weight is 568 g/mol. The van der Waals surface area contributed by atoms with Gasteiger partial charge in [-0.2, -0.15) is 52.7 Å². The van der Waals surface area contributed by atoms with Gasteiger partial charge in [0.1, 0.15) is 17.2 Å². The summed E-state index contributed by atoms with van der Waals surface area (Å²) in [6.45, 7) is -5.46. The Hall–Kier alpha value is -2.50. The second-order valence-electron chi connectivity index (χ2n) is 6.83. The molecular formula is C17H12F16O3. The third kappa shape index (κ3) is 5.73. The van der Waals surface area contributed by atoms with Crippen LogP contribution in [0.15, 0.2) is 18.2 Å². The summed E-state index contributed by atoms with van der Waals surface area (Å²) in [7, 11) is 0.792. The molecule has 0 aromatic heterocycles. The van der Waals surface area contributed by atoms with Gasteiger partial charge in [0.25, 0.3) is 0 Å². The van der Waals surface area contributed by atoms with Crippen LogP contribution >= 0.6 is 0 Å². The predicted molar refractivity (Wildman–Crippen MR) is 85.7 cm³/mol. The van der Waals surface area contributed by atoms with Gasteiger partial charge < -0.3 is 14.2 Å². The van der Waals surface area contributed by atoms with Crippen LogP contribution in [0.2, 0.25) is 0 Å². The molecule has 0 aliphatic rings. The van der Waals surface area contributed by atoms with Crippen molar-refractivity contribution in [2.24, 2.45) is 0 Å². The monoisotopic (exact) mass is 568 g/mol. The summed E-state index contributed by atoms with van der Waals surface area (Å²) in [5.74, 6) is -41.3. The summed E-state index contributed by atoms with van der Waals surface area (Å²) in [5, 5.41) is 0. The van der Waals surface area contributed by atoms with Crippen molar-refractivity contribution in [3.63, 3.8) is 0 Å². The normalized spacial score (nSPS) is 14.4. The lowest BCUT2D eigenvalue weighted by molar-refractivity contribution is -0.342. The minimum Gasteiger partial charge on any atom is -0.496 e. The van der Waals surface area contributed by atoms with Crippen LogP contribution in [-0.2, 0) is 0 Å². The number of alkyl halides is 16. The molecule has 1 aromatic rings. The molecule has 19 heteroatoms. The van der Waals surface area contributed by atoms with E-state index in [-0.39, 0.29) is 6.07 Å². The van der Waals surface area contributed by atoms with Crippen LogP contribution in [0.1, 0.15) is 0 Å². The number of methoxy groups -OCH3 is 1. The Morgan fingerprint density at radius 2 is 0.833 bits per heavy atom. The first-order chi connectivity index (χ1) is 16.0. The molecule has 0 bridgehead atoms. The molecule has 0 amide bonds. The molecule has 0 heterocycles.